The summed E-state index contributed by atoms with van der Waals surface area (Å²) in [6.45, 7) is 4.88. The van der Waals surface area contributed by atoms with Crippen LogP contribution < -0.4 is 5.32 Å². The smallest absolute Gasteiger partial charge is 0.145 e. The lowest BCUT2D eigenvalue weighted by Crippen LogP contribution is -2.24. The van der Waals surface area contributed by atoms with Crippen LogP contribution >= 0.6 is 15.9 Å². The van der Waals surface area contributed by atoms with Gasteiger partial charge in [0.2, 0.25) is 0 Å². The van der Waals surface area contributed by atoms with Gasteiger partial charge in [0.15, 0.2) is 0 Å². The number of rotatable bonds is 7. The highest BCUT2D eigenvalue weighted by atomic mass is 79.9. The molecule has 1 unspecified atom stereocenters. The highest BCUT2D eigenvalue weighted by Gasteiger charge is 2.21. The Kier molecular flexibility index (Phi) is 6.79. The lowest BCUT2D eigenvalue weighted by atomic mass is 10.00. The van der Waals surface area contributed by atoms with Gasteiger partial charge in [0.1, 0.15) is 11.6 Å². The van der Waals surface area contributed by atoms with Crippen molar-refractivity contribution >= 4 is 15.9 Å². The molecule has 1 aromatic rings. The van der Waals surface area contributed by atoms with E-state index in [4.69, 9.17) is 0 Å². The molecule has 0 saturated carbocycles. The Bertz CT molecular complexity index is 374. The van der Waals surface area contributed by atoms with E-state index in [2.05, 4.69) is 28.2 Å². The molecule has 0 bridgehead atoms. The Balaban J connectivity index is 2.99. The van der Waals surface area contributed by atoms with Gasteiger partial charge in [-0.15, -0.1) is 0 Å². The third kappa shape index (κ3) is 4.02. The van der Waals surface area contributed by atoms with E-state index in [1.165, 1.54) is 12.1 Å². The van der Waals surface area contributed by atoms with Gasteiger partial charge in [0.05, 0.1) is 4.47 Å². The number of hydrogen-bond acceptors (Lipinski definition) is 1. The molecule has 0 fully saturated rings. The van der Waals surface area contributed by atoms with E-state index in [0.29, 0.717) is 4.47 Å². The van der Waals surface area contributed by atoms with Crippen LogP contribution in [0.15, 0.2) is 16.6 Å². The van der Waals surface area contributed by atoms with Gasteiger partial charge in [-0.2, -0.15) is 0 Å². The monoisotopic (exact) mass is 319 g/mol. The molecule has 4 heteroatoms. The average Bonchev–Trinajstić information content (AvgIpc) is 2.36. The third-order valence-electron chi connectivity index (χ3n) is 2.91. The van der Waals surface area contributed by atoms with E-state index in [-0.39, 0.29) is 11.6 Å². The fraction of sp³-hybridized carbons (Fsp3) is 0.571. The highest BCUT2D eigenvalue weighted by molar-refractivity contribution is 9.10. The molecule has 0 aliphatic rings. The molecule has 0 amide bonds. The van der Waals surface area contributed by atoms with Gasteiger partial charge in [-0.3, -0.25) is 0 Å². The Morgan fingerprint density at radius 2 is 1.94 bits per heavy atom. The molecule has 0 aliphatic carbocycles. The van der Waals surface area contributed by atoms with Gasteiger partial charge in [-0.25, -0.2) is 8.78 Å². The zero-order valence-electron chi connectivity index (χ0n) is 10.9. The molecule has 18 heavy (non-hydrogen) atoms. The van der Waals surface area contributed by atoms with Crippen LogP contribution in [0.25, 0.3) is 0 Å². The Morgan fingerprint density at radius 3 is 2.56 bits per heavy atom. The fourth-order valence-electron chi connectivity index (χ4n) is 1.94. The zero-order valence-corrected chi connectivity index (χ0v) is 12.5. The minimum atomic E-state index is -0.486. The summed E-state index contributed by atoms with van der Waals surface area (Å²) in [7, 11) is 0. The molecular formula is C14H20BrF2N. The number of benzene rings is 1. The molecule has 0 radical (unpaired) electrons. The van der Waals surface area contributed by atoms with Crippen LogP contribution in [-0.4, -0.2) is 6.54 Å². The van der Waals surface area contributed by atoms with E-state index in [1.54, 1.807) is 0 Å². The van der Waals surface area contributed by atoms with Crippen molar-refractivity contribution in [2.45, 2.75) is 45.6 Å². The summed E-state index contributed by atoms with van der Waals surface area (Å²) in [5.74, 6) is -0.958. The fourth-order valence-corrected chi connectivity index (χ4v) is 2.28. The maximum absolute atomic E-state index is 14.0. The number of hydrogen-bond donors (Lipinski definition) is 1. The summed E-state index contributed by atoms with van der Waals surface area (Å²) in [5, 5.41) is 3.23. The second-order valence-corrected chi connectivity index (χ2v) is 5.26. The SMILES string of the molecule is CCCCC(NCCC)c1c(F)ccc(Br)c1F. The van der Waals surface area contributed by atoms with Crippen molar-refractivity contribution in [3.63, 3.8) is 0 Å². The van der Waals surface area contributed by atoms with Crippen molar-refractivity contribution in [1.82, 2.24) is 5.32 Å². The quantitative estimate of drug-likeness (QED) is 0.700. The molecule has 0 spiro atoms. The molecule has 0 aromatic heterocycles. The lowest BCUT2D eigenvalue weighted by Gasteiger charge is -2.20. The summed E-state index contributed by atoms with van der Waals surface area (Å²) >= 11 is 3.12. The largest absolute Gasteiger partial charge is 0.310 e. The van der Waals surface area contributed by atoms with Crippen LogP contribution in [0.1, 0.15) is 51.1 Å². The molecule has 1 nitrogen and oxygen atoms in total. The van der Waals surface area contributed by atoms with Gasteiger partial charge >= 0.3 is 0 Å². The maximum Gasteiger partial charge on any atom is 0.145 e. The summed E-state index contributed by atoms with van der Waals surface area (Å²) in [4.78, 5) is 0. The Morgan fingerprint density at radius 1 is 1.22 bits per heavy atom. The van der Waals surface area contributed by atoms with Gasteiger partial charge < -0.3 is 5.32 Å². The zero-order chi connectivity index (χ0) is 13.5. The van der Waals surface area contributed by atoms with Crippen LogP contribution in [0.5, 0.6) is 0 Å². The minimum absolute atomic E-state index is 0.159. The van der Waals surface area contributed by atoms with Crippen molar-refractivity contribution in [3.8, 4) is 0 Å². The van der Waals surface area contributed by atoms with Crippen LogP contribution in [-0.2, 0) is 0 Å². The van der Waals surface area contributed by atoms with Crippen LogP contribution in [0.2, 0.25) is 0 Å². The summed E-state index contributed by atoms with van der Waals surface area (Å²) in [6, 6.07) is 2.47. The first kappa shape index (κ1) is 15.6. The van der Waals surface area contributed by atoms with Crippen LogP contribution in [0.4, 0.5) is 8.78 Å². The second-order valence-electron chi connectivity index (χ2n) is 4.41. The van der Waals surface area contributed by atoms with E-state index in [0.717, 1.165) is 32.2 Å². The maximum atomic E-state index is 14.0. The van der Waals surface area contributed by atoms with Crippen molar-refractivity contribution < 1.29 is 8.78 Å². The molecule has 0 saturated heterocycles. The lowest BCUT2D eigenvalue weighted by molar-refractivity contribution is 0.434. The van der Waals surface area contributed by atoms with Crippen molar-refractivity contribution in [2.75, 3.05) is 6.54 Å². The third-order valence-corrected chi connectivity index (χ3v) is 3.53. The number of unbranched alkanes of at least 4 members (excludes halogenated alkanes) is 1. The molecule has 1 rings (SSSR count). The van der Waals surface area contributed by atoms with Gasteiger partial charge in [-0.1, -0.05) is 26.7 Å². The van der Waals surface area contributed by atoms with Crippen molar-refractivity contribution in [1.29, 1.82) is 0 Å². The van der Waals surface area contributed by atoms with Crippen LogP contribution in [0.3, 0.4) is 0 Å². The Hall–Kier alpha value is -0.480. The topological polar surface area (TPSA) is 12.0 Å². The van der Waals surface area contributed by atoms with Gasteiger partial charge in [0.25, 0.3) is 0 Å². The first-order valence-corrected chi connectivity index (χ1v) is 7.27. The van der Waals surface area contributed by atoms with Gasteiger partial charge in [0, 0.05) is 11.6 Å². The number of halogens is 3. The Labute approximate surface area is 116 Å². The predicted molar refractivity (Wildman–Crippen MR) is 74.6 cm³/mol. The second kappa shape index (κ2) is 7.85. The molecule has 1 N–H and O–H groups in total. The number of nitrogens with one attached hydrogen (secondary N) is 1. The highest BCUT2D eigenvalue weighted by Crippen LogP contribution is 2.29. The standard InChI is InChI=1S/C14H20BrF2N/c1-3-5-6-12(18-9-4-2)13-11(16)8-7-10(15)14(13)17/h7-8,12,18H,3-6,9H2,1-2H3. The molecule has 1 aromatic carbocycles. The summed E-state index contributed by atoms with van der Waals surface area (Å²) < 4.78 is 28.2. The van der Waals surface area contributed by atoms with E-state index in [9.17, 15) is 8.78 Å². The van der Waals surface area contributed by atoms with Crippen molar-refractivity contribution in [2.24, 2.45) is 0 Å². The van der Waals surface area contributed by atoms with E-state index in [1.807, 2.05) is 6.92 Å². The molecular weight excluding hydrogens is 300 g/mol. The van der Waals surface area contributed by atoms with E-state index >= 15 is 0 Å². The normalized spacial score (nSPS) is 12.7. The average molecular weight is 320 g/mol. The first-order chi connectivity index (χ1) is 8.61. The summed E-state index contributed by atoms with van der Waals surface area (Å²) in [5.41, 5.74) is 0.159. The molecule has 0 aliphatic heterocycles. The predicted octanol–water partition coefficient (Wildman–Crippen LogP) is 4.96. The minimum Gasteiger partial charge on any atom is -0.310 e. The molecule has 102 valence electrons. The van der Waals surface area contributed by atoms with Crippen LogP contribution in [0, 0.1) is 11.6 Å². The van der Waals surface area contributed by atoms with E-state index < -0.39 is 11.6 Å². The van der Waals surface area contributed by atoms with Gasteiger partial charge in [-0.05, 0) is 47.4 Å². The molecule has 0 heterocycles. The molecule has 1 atom stereocenters. The summed E-state index contributed by atoms with van der Waals surface area (Å²) in [6.07, 6.45) is 3.66. The van der Waals surface area contributed by atoms with Crippen molar-refractivity contribution in [3.05, 3.63) is 33.8 Å². The first-order valence-electron chi connectivity index (χ1n) is 6.48.